The van der Waals surface area contributed by atoms with E-state index in [2.05, 4.69) is 0 Å². The Hall–Kier alpha value is -0.650. The highest BCUT2D eigenvalue weighted by Crippen LogP contribution is 2.44. The topological polar surface area (TPSA) is 54.4 Å². The van der Waals surface area contributed by atoms with Gasteiger partial charge in [-0.3, -0.25) is 4.55 Å². The number of rotatable bonds is 5. The van der Waals surface area contributed by atoms with Gasteiger partial charge in [-0.15, -0.1) is 0 Å². The second-order valence-electron chi connectivity index (χ2n) is 2.81. The second-order valence-corrected chi connectivity index (χ2v) is 4.26. The van der Waals surface area contributed by atoms with Crippen LogP contribution in [0.5, 0.6) is 0 Å². The van der Waals surface area contributed by atoms with Crippen LogP contribution in [0.4, 0.5) is 35.1 Å². The Balaban J connectivity index is 5.45. The fraction of sp³-hybridized carbons (Fsp3) is 1.00. The van der Waals surface area contributed by atoms with E-state index in [-0.39, 0.29) is 0 Å². The molecule has 0 fully saturated rings. The highest BCUT2D eigenvalue weighted by Gasteiger charge is 2.71. The summed E-state index contributed by atoms with van der Waals surface area (Å²) in [5, 5.41) is 0. The molecule has 104 valence electrons. The van der Waals surface area contributed by atoms with Gasteiger partial charge in [0.15, 0.2) is 0 Å². The minimum atomic E-state index is -6.35. The Labute approximate surface area is 89.2 Å². The summed E-state index contributed by atoms with van der Waals surface area (Å²) < 4.78 is 125. The lowest BCUT2D eigenvalue weighted by Crippen LogP contribution is -2.57. The van der Waals surface area contributed by atoms with Gasteiger partial charge in [-0.1, -0.05) is 0 Å². The molecule has 0 aromatic rings. The molecular weight excluding hydrogens is 292 g/mol. The summed E-state index contributed by atoms with van der Waals surface area (Å²) in [7, 11) is -6.31. The molecule has 0 aromatic heterocycles. The van der Waals surface area contributed by atoms with E-state index in [9.17, 15) is 43.5 Å². The molecule has 0 aliphatic heterocycles. The first-order valence-electron chi connectivity index (χ1n) is 3.54. The third kappa shape index (κ3) is 2.97. The highest BCUT2D eigenvalue weighted by atomic mass is 32.2. The first-order valence-corrected chi connectivity index (χ1v) is 5.04. The predicted octanol–water partition coefficient (Wildman–Crippen LogP) is 2.04. The minimum Gasteiger partial charge on any atom is -0.283 e. The Kier molecular flexibility index (Phi) is 4.38. The number of halogens is 8. The van der Waals surface area contributed by atoms with E-state index in [0.29, 0.717) is 0 Å². The molecule has 1 N–H and O–H groups in total. The van der Waals surface area contributed by atoms with Gasteiger partial charge in [-0.2, -0.15) is 26.0 Å². The molecule has 17 heavy (non-hydrogen) atoms. The fourth-order valence-corrected chi connectivity index (χ4v) is 1.21. The van der Waals surface area contributed by atoms with Crippen LogP contribution in [0.2, 0.25) is 0 Å². The summed E-state index contributed by atoms with van der Waals surface area (Å²) in [6, 6.07) is 0. The van der Waals surface area contributed by atoms with Crippen LogP contribution in [-0.4, -0.2) is 42.9 Å². The number of hydrogen-bond donors (Lipinski definition) is 1. The van der Waals surface area contributed by atoms with Crippen molar-refractivity contribution in [2.45, 2.75) is 29.9 Å². The van der Waals surface area contributed by atoms with E-state index in [1.165, 1.54) is 0 Å². The van der Waals surface area contributed by atoms with Gasteiger partial charge in [0, 0.05) is 0 Å². The van der Waals surface area contributed by atoms with Gasteiger partial charge in [-0.05, 0) is 0 Å². The van der Waals surface area contributed by atoms with Gasteiger partial charge in [0.05, 0.1) is 0 Å². The lowest BCUT2D eigenvalue weighted by atomic mass is 10.1. The van der Waals surface area contributed by atoms with Crippen molar-refractivity contribution in [3.8, 4) is 0 Å². The summed E-state index contributed by atoms with van der Waals surface area (Å²) in [6.07, 6.45) is -9.39. The van der Waals surface area contributed by atoms with Crippen molar-refractivity contribution in [1.29, 1.82) is 0 Å². The van der Waals surface area contributed by atoms with E-state index < -0.39 is 40.1 Å². The number of alkyl halides is 8. The molecular formula is C5H4F8O3S. The molecule has 0 saturated carbocycles. The monoisotopic (exact) mass is 296 g/mol. The molecule has 0 saturated heterocycles. The largest absolute Gasteiger partial charge is 0.360 e. The van der Waals surface area contributed by atoms with Crippen LogP contribution < -0.4 is 0 Å². The van der Waals surface area contributed by atoms with E-state index >= 15 is 0 Å². The van der Waals surface area contributed by atoms with E-state index in [1.54, 1.807) is 0 Å². The van der Waals surface area contributed by atoms with Crippen molar-refractivity contribution in [3.63, 3.8) is 0 Å². The van der Waals surface area contributed by atoms with Crippen LogP contribution >= 0.6 is 0 Å². The van der Waals surface area contributed by atoms with Gasteiger partial charge in [0.1, 0.15) is 0 Å². The highest BCUT2D eigenvalue weighted by molar-refractivity contribution is 7.86. The van der Waals surface area contributed by atoms with Gasteiger partial charge in [-0.25, -0.2) is 17.6 Å². The molecule has 2 unspecified atom stereocenters. The quantitative estimate of drug-likeness (QED) is 0.624. The van der Waals surface area contributed by atoms with Crippen molar-refractivity contribution >= 4 is 10.1 Å². The zero-order valence-corrected chi connectivity index (χ0v) is 8.24. The van der Waals surface area contributed by atoms with Crippen molar-refractivity contribution in [1.82, 2.24) is 0 Å². The minimum absolute atomic E-state index is 4.59. The Bertz CT molecular complexity index is 365. The molecule has 0 heterocycles. The summed E-state index contributed by atoms with van der Waals surface area (Å²) >= 11 is 0. The molecule has 0 rings (SSSR count). The van der Waals surface area contributed by atoms with Crippen LogP contribution in [0.3, 0.4) is 0 Å². The summed E-state index contributed by atoms with van der Waals surface area (Å²) in [5.41, 5.74) is -4.93. The summed E-state index contributed by atoms with van der Waals surface area (Å²) in [4.78, 5) is 0. The first kappa shape index (κ1) is 16.4. The zero-order chi connectivity index (χ0) is 14.2. The number of hydrogen-bond acceptors (Lipinski definition) is 2. The van der Waals surface area contributed by atoms with Gasteiger partial charge < -0.3 is 0 Å². The molecule has 0 amide bonds. The Morgan fingerprint density at radius 2 is 1.24 bits per heavy atom. The smallest absolute Gasteiger partial charge is 0.283 e. The molecule has 0 aliphatic carbocycles. The Morgan fingerprint density at radius 1 is 0.882 bits per heavy atom. The summed E-state index contributed by atoms with van der Waals surface area (Å²) in [6.45, 7) is 0. The van der Waals surface area contributed by atoms with E-state index in [4.69, 9.17) is 4.55 Å². The maximum absolute atomic E-state index is 12.5. The van der Waals surface area contributed by atoms with Crippen molar-refractivity contribution in [3.05, 3.63) is 0 Å². The van der Waals surface area contributed by atoms with E-state index in [0.717, 1.165) is 0 Å². The lowest BCUT2D eigenvalue weighted by Gasteiger charge is -2.29. The van der Waals surface area contributed by atoms with Crippen molar-refractivity contribution in [2.24, 2.45) is 0 Å². The van der Waals surface area contributed by atoms with Crippen LogP contribution in [0.1, 0.15) is 0 Å². The molecule has 12 heteroatoms. The lowest BCUT2D eigenvalue weighted by molar-refractivity contribution is -0.268. The fourth-order valence-electron chi connectivity index (χ4n) is 0.680. The molecule has 0 aliphatic rings. The van der Waals surface area contributed by atoms with Crippen LogP contribution in [0.15, 0.2) is 0 Å². The molecule has 0 radical (unpaired) electrons. The Morgan fingerprint density at radius 3 is 1.47 bits per heavy atom. The van der Waals surface area contributed by atoms with Crippen molar-refractivity contribution < 1.29 is 48.1 Å². The second kappa shape index (κ2) is 4.55. The molecule has 0 aromatic carbocycles. The van der Waals surface area contributed by atoms with Gasteiger partial charge in [0.2, 0.25) is 6.17 Å². The molecule has 0 spiro atoms. The van der Waals surface area contributed by atoms with Crippen LogP contribution in [0, 0.1) is 0 Å². The third-order valence-electron chi connectivity index (χ3n) is 1.56. The molecule has 3 nitrogen and oxygen atoms in total. The average molecular weight is 296 g/mol. The average Bonchev–Trinajstić information content (AvgIpc) is 2.13. The van der Waals surface area contributed by atoms with Gasteiger partial charge in [0.25, 0.3) is 11.9 Å². The standard InChI is InChI=1S/C5H4F8O3S/c6-1(2(7)8)4(10,11)5(12,13)3(9)17(14,15)16/h1-3H,(H,14,15,16). The van der Waals surface area contributed by atoms with Crippen molar-refractivity contribution in [2.75, 3.05) is 0 Å². The van der Waals surface area contributed by atoms with E-state index in [1.807, 2.05) is 0 Å². The molecule has 2 atom stereocenters. The maximum Gasteiger partial charge on any atom is 0.360 e. The third-order valence-corrected chi connectivity index (χ3v) is 2.38. The normalized spacial score (nSPS) is 18.2. The van der Waals surface area contributed by atoms with Crippen LogP contribution in [-0.2, 0) is 10.1 Å². The molecule has 0 bridgehead atoms. The zero-order valence-electron chi connectivity index (χ0n) is 7.43. The summed E-state index contributed by atoms with van der Waals surface area (Å²) in [5.74, 6) is -12.7. The van der Waals surface area contributed by atoms with Crippen LogP contribution in [0.25, 0.3) is 0 Å². The SMILES string of the molecule is O=S(=O)(O)C(F)C(F)(F)C(F)(F)C(F)C(F)F. The first-order chi connectivity index (χ1) is 7.26. The van der Waals surface area contributed by atoms with Gasteiger partial charge >= 0.3 is 22.0 Å². The maximum atomic E-state index is 12.5. The predicted molar refractivity (Wildman–Crippen MR) is 37.2 cm³/mol.